The molecule has 1 fully saturated rings. The highest BCUT2D eigenvalue weighted by Crippen LogP contribution is 2.32. The highest BCUT2D eigenvalue weighted by molar-refractivity contribution is 5.99. The van der Waals surface area contributed by atoms with Crippen molar-refractivity contribution in [3.63, 3.8) is 0 Å². The van der Waals surface area contributed by atoms with Gasteiger partial charge in [-0.1, -0.05) is 0 Å². The van der Waals surface area contributed by atoms with Crippen LogP contribution in [0.15, 0.2) is 36.4 Å². The molecule has 3 amide bonds. The zero-order valence-corrected chi connectivity index (χ0v) is 15.4. The minimum atomic E-state index is -1.06. The molecule has 0 radical (unpaired) electrons. The number of rotatable bonds is 6. The maximum absolute atomic E-state index is 13.2. The fourth-order valence-electron chi connectivity index (χ4n) is 2.91. The summed E-state index contributed by atoms with van der Waals surface area (Å²) in [6, 6.07) is 7.82. The average molecular weight is 391 g/mol. The lowest BCUT2D eigenvalue weighted by atomic mass is 10.2. The predicted molar refractivity (Wildman–Crippen MR) is 98.8 cm³/mol. The number of urea groups is 1. The van der Waals surface area contributed by atoms with Crippen molar-refractivity contribution in [2.45, 2.75) is 0 Å². The zero-order valence-electron chi connectivity index (χ0n) is 15.4. The molecule has 1 N–H and O–H groups in total. The summed E-state index contributed by atoms with van der Waals surface area (Å²) in [6.45, 7) is 0.534. The Balaban J connectivity index is 1.65. The second-order valence-corrected chi connectivity index (χ2v) is 6.07. The van der Waals surface area contributed by atoms with E-state index in [4.69, 9.17) is 9.47 Å². The Labute approximate surface area is 160 Å². The van der Waals surface area contributed by atoms with Gasteiger partial charge in [0.2, 0.25) is 5.91 Å². The van der Waals surface area contributed by atoms with Gasteiger partial charge in [0.25, 0.3) is 0 Å². The van der Waals surface area contributed by atoms with E-state index in [1.54, 1.807) is 18.2 Å². The lowest BCUT2D eigenvalue weighted by Gasteiger charge is -2.19. The lowest BCUT2D eigenvalue weighted by Crippen LogP contribution is -2.37. The number of benzene rings is 2. The zero-order chi connectivity index (χ0) is 20.3. The van der Waals surface area contributed by atoms with E-state index in [1.165, 1.54) is 30.1 Å². The number of methoxy groups -OCH3 is 2. The molecular weight excluding hydrogens is 372 g/mol. The molecule has 0 bridgehead atoms. The topological polar surface area (TPSA) is 71.1 Å². The number of amides is 3. The Kier molecular flexibility index (Phi) is 5.62. The van der Waals surface area contributed by atoms with Crippen molar-refractivity contribution in [3.05, 3.63) is 48.0 Å². The second kappa shape index (κ2) is 8.12. The SMILES string of the molecule is COc1ccc(N2CCN(CC(=O)Nc3ccc(F)c(F)c3)C2=O)cc1OC. The number of ether oxygens (including phenoxy) is 2. The summed E-state index contributed by atoms with van der Waals surface area (Å²) in [4.78, 5) is 27.7. The predicted octanol–water partition coefficient (Wildman–Crippen LogP) is 2.86. The number of halogens is 2. The van der Waals surface area contributed by atoms with Crippen LogP contribution in [0.2, 0.25) is 0 Å². The smallest absolute Gasteiger partial charge is 0.325 e. The van der Waals surface area contributed by atoms with Gasteiger partial charge >= 0.3 is 6.03 Å². The van der Waals surface area contributed by atoms with Gasteiger partial charge < -0.3 is 19.7 Å². The van der Waals surface area contributed by atoms with Gasteiger partial charge in [-0.15, -0.1) is 0 Å². The first-order chi connectivity index (χ1) is 13.4. The summed E-state index contributed by atoms with van der Waals surface area (Å²) in [5.41, 5.74) is 0.735. The largest absolute Gasteiger partial charge is 0.493 e. The summed E-state index contributed by atoms with van der Waals surface area (Å²) in [7, 11) is 3.02. The summed E-state index contributed by atoms with van der Waals surface area (Å²) < 4.78 is 36.6. The molecular formula is C19H19F2N3O4. The second-order valence-electron chi connectivity index (χ2n) is 6.07. The molecule has 1 saturated heterocycles. The highest BCUT2D eigenvalue weighted by Gasteiger charge is 2.31. The molecule has 1 heterocycles. The Morgan fingerprint density at radius 3 is 2.46 bits per heavy atom. The normalized spacial score (nSPS) is 13.6. The van der Waals surface area contributed by atoms with Crippen LogP contribution >= 0.6 is 0 Å². The van der Waals surface area contributed by atoms with Crippen LogP contribution in [-0.2, 0) is 4.79 Å². The van der Waals surface area contributed by atoms with Crippen molar-refractivity contribution in [2.75, 3.05) is 44.1 Å². The molecule has 0 aliphatic carbocycles. The molecule has 1 aliphatic heterocycles. The Morgan fingerprint density at radius 2 is 1.79 bits per heavy atom. The van der Waals surface area contributed by atoms with Crippen LogP contribution in [0.5, 0.6) is 11.5 Å². The highest BCUT2D eigenvalue weighted by atomic mass is 19.2. The number of nitrogens with one attached hydrogen (secondary N) is 1. The van der Waals surface area contributed by atoms with E-state index in [9.17, 15) is 18.4 Å². The third-order valence-electron chi connectivity index (χ3n) is 4.31. The molecule has 1 aliphatic rings. The molecule has 3 rings (SSSR count). The molecule has 0 unspecified atom stereocenters. The Bertz CT molecular complexity index is 907. The minimum Gasteiger partial charge on any atom is -0.493 e. The fourth-order valence-corrected chi connectivity index (χ4v) is 2.91. The van der Waals surface area contributed by atoms with Gasteiger partial charge in [-0.3, -0.25) is 9.69 Å². The van der Waals surface area contributed by atoms with E-state index in [0.717, 1.165) is 12.1 Å². The number of hydrogen-bond donors (Lipinski definition) is 1. The van der Waals surface area contributed by atoms with Crippen molar-refractivity contribution in [1.29, 1.82) is 0 Å². The van der Waals surface area contributed by atoms with Gasteiger partial charge in [-0.2, -0.15) is 0 Å². The third kappa shape index (κ3) is 3.98. The van der Waals surface area contributed by atoms with Gasteiger partial charge in [0.15, 0.2) is 23.1 Å². The van der Waals surface area contributed by atoms with E-state index in [-0.39, 0.29) is 18.3 Å². The van der Waals surface area contributed by atoms with Gasteiger partial charge in [0, 0.05) is 36.6 Å². The minimum absolute atomic E-state index is 0.118. The van der Waals surface area contributed by atoms with Crippen molar-refractivity contribution >= 4 is 23.3 Å². The standard InChI is InChI=1S/C19H19F2N3O4/c1-27-16-6-4-13(10-17(16)28-2)24-8-7-23(19(24)26)11-18(25)22-12-3-5-14(20)15(21)9-12/h3-6,9-10H,7-8,11H2,1-2H3,(H,22,25). The van der Waals surface area contributed by atoms with Crippen LogP contribution in [0, 0.1) is 11.6 Å². The maximum atomic E-state index is 13.2. The van der Waals surface area contributed by atoms with Crippen LogP contribution in [0.3, 0.4) is 0 Å². The van der Waals surface area contributed by atoms with Gasteiger partial charge in [-0.25, -0.2) is 13.6 Å². The lowest BCUT2D eigenvalue weighted by molar-refractivity contribution is -0.116. The maximum Gasteiger partial charge on any atom is 0.325 e. The summed E-state index contributed by atoms with van der Waals surface area (Å²) in [6.07, 6.45) is 0. The first kappa shape index (κ1) is 19.4. The summed E-state index contributed by atoms with van der Waals surface area (Å²) in [5.74, 6) is -1.54. The number of hydrogen-bond acceptors (Lipinski definition) is 4. The number of nitrogens with zero attached hydrogens (tertiary/aromatic N) is 2. The first-order valence-electron chi connectivity index (χ1n) is 8.46. The van der Waals surface area contributed by atoms with Crippen LogP contribution in [0.25, 0.3) is 0 Å². The van der Waals surface area contributed by atoms with Crippen molar-refractivity contribution < 1.29 is 27.8 Å². The van der Waals surface area contributed by atoms with Crippen molar-refractivity contribution in [3.8, 4) is 11.5 Å². The molecule has 0 spiro atoms. The van der Waals surface area contributed by atoms with Crippen LogP contribution < -0.4 is 19.7 Å². The number of carbonyl (C=O) groups excluding carboxylic acids is 2. The van der Waals surface area contributed by atoms with Crippen LogP contribution in [-0.4, -0.2) is 50.7 Å². The molecule has 0 aromatic heterocycles. The summed E-state index contributed by atoms with van der Waals surface area (Å²) in [5, 5.41) is 2.45. The molecule has 9 heteroatoms. The molecule has 148 valence electrons. The average Bonchev–Trinajstić information content (AvgIpc) is 3.04. The number of anilines is 2. The molecule has 7 nitrogen and oxygen atoms in total. The van der Waals surface area contributed by atoms with Crippen LogP contribution in [0.4, 0.5) is 25.0 Å². The molecule has 2 aromatic carbocycles. The fraction of sp³-hybridized carbons (Fsp3) is 0.263. The summed E-state index contributed by atoms with van der Waals surface area (Å²) >= 11 is 0. The first-order valence-corrected chi connectivity index (χ1v) is 8.46. The quantitative estimate of drug-likeness (QED) is 0.822. The van der Waals surface area contributed by atoms with E-state index in [1.807, 2.05) is 0 Å². The van der Waals surface area contributed by atoms with Crippen LogP contribution in [0.1, 0.15) is 0 Å². The Hall–Kier alpha value is -3.36. The molecule has 28 heavy (non-hydrogen) atoms. The number of carbonyl (C=O) groups is 2. The van der Waals surface area contributed by atoms with E-state index >= 15 is 0 Å². The third-order valence-corrected chi connectivity index (χ3v) is 4.31. The van der Waals surface area contributed by atoms with Crippen molar-refractivity contribution in [2.24, 2.45) is 0 Å². The van der Waals surface area contributed by atoms with Gasteiger partial charge in [0.1, 0.15) is 6.54 Å². The van der Waals surface area contributed by atoms with Gasteiger partial charge in [0.05, 0.1) is 14.2 Å². The van der Waals surface area contributed by atoms with E-state index < -0.39 is 17.5 Å². The molecule has 2 aromatic rings. The Morgan fingerprint density at radius 1 is 1.04 bits per heavy atom. The van der Waals surface area contributed by atoms with Gasteiger partial charge in [-0.05, 0) is 24.3 Å². The molecule has 0 atom stereocenters. The van der Waals surface area contributed by atoms with E-state index in [2.05, 4.69) is 5.32 Å². The van der Waals surface area contributed by atoms with E-state index in [0.29, 0.717) is 30.3 Å². The van der Waals surface area contributed by atoms with Crippen molar-refractivity contribution in [1.82, 2.24) is 4.90 Å². The monoisotopic (exact) mass is 391 g/mol. The molecule has 0 saturated carbocycles.